The van der Waals surface area contributed by atoms with Gasteiger partial charge in [-0.05, 0) is 64.7 Å². The molecule has 0 aromatic rings. The van der Waals surface area contributed by atoms with E-state index < -0.39 is 5.60 Å². The summed E-state index contributed by atoms with van der Waals surface area (Å²) in [6, 6.07) is 0. The summed E-state index contributed by atoms with van der Waals surface area (Å²) in [4.78, 5) is 25.6. The molecule has 1 unspecified atom stereocenters. The zero-order valence-corrected chi connectivity index (χ0v) is 14.3. The van der Waals surface area contributed by atoms with Crippen molar-refractivity contribution in [2.24, 2.45) is 11.3 Å². The highest BCUT2D eigenvalue weighted by Crippen LogP contribution is 2.58. The maximum atomic E-state index is 12.2. The van der Waals surface area contributed by atoms with Gasteiger partial charge in [0.05, 0.1) is 6.61 Å². The van der Waals surface area contributed by atoms with Gasteiger partial charge in [-0.2, -0.15) is 0 Å². The standard InChI is InChI=1S/C17H29NO4/c1-5-21-14(19)7-6-13-12-18(11-10-17(13)8-9-17)15(20)22-16(2,3)4/h13H,5-12H2,1-4H3. The maximum Gasteiger partial charge on any atom is 0.410 e. The molecule has 0 bridgehead atoms. The number of ether oxygens (including phenoxy) is 2. The summed E-state index contributed by atoms with van der Waals surface area (Å²) < 4.78 is 10.5. The lowest BCUT2D eigenvalue weighted by molar-refractivity contribution is -0.143. The third-order valence-corrected chi connectivity index (χ3v) is 4.73. The molecule has 0 aromatic carbocycles. The molecule has 1 heterocycles. The molecule has 126 valence electrons. The number of rotatable bonds is 4. The number of hydrogen-bond acceptors (Lipinski definition) is 4. The van der Waals surface area contributed by atoms with E-state index in [1.165, 1.54) is 12.8 Å². The van der Waals surface area contributed by atoms with Gasteiger partial charge in [0, 0.05) is 19.5 Å². The van der Waals surface area contributed by atoms with Crippen molar-refractivity contribution in [2.45, 2.75) is 65.4 Å². The second kappa shape index (κ2) is 6.47. The average molecular weight is 311 g/mol. The van der Waals surface area contributed by atoms with Crippen LogP contribution < -0.4 is 0 Å². The molecule has 1 aliphatic heterocycles. The second-order valence-electron chi connectivity index (χ2n) is 7.58. The Morgan fingerprint density at radius 1 is 1.23 bits per heavy atom. The molecule has 2 rings (SSSR count). The number of carbonyl (C=O) groups excluding carboxylic acids is 2. The fraction of sp³-hybridized carbons (Fsp3) is 0.882. The first-order chi connectivity index (χ1) is 10.3. The number of piperidine rings is 1. The van der Waals surface area contributed by atoms with E-state index in [9.17, 15) is 9.59 Å². The first-order valence-electron chi connectivity index (χ1n) is 8.39. The lowest BCUT2D eigenvalue weighted by atomic mass is 9.79. The smallest absolute Gasteiger partial charge is 0.410 e. The molecule has 5 nitrogen and oxygen atoms in total. The van der Waals surface area contributed by atoms with Crippen LogP contribution in [0.2, 0.25) is 0 Å². The van der Waals surface area contributed by atoms with Crippen molar-refractivity contribution < 1.29 is 19.1 Å². The number of likely N-dealkylation sites (tertiary alicyclic amines) is 1. The quantitative estimate of drug-likeness (QED) is 0.747. The van der Waals surface area contributed by atoms with Gasteiger partial charge in [0.25, 0.3) is 0 Å². The molecule has 1 aliphatic carbocycles. The van der Waals surface area contributed by atoms with Gasteiger partial charge in [-0.3, -0.25) is 4.79 Å². The van der Waals surface area contributed by atoms with Crippen molar-refractivity contribution in [2.75, 3.05) is 19.7 Å². The van der Waals surface area contributed by atoms with Gasteiger partial charge in [-0.15, -0.1) is 0 Å². The van der Waals surface area contributed by atoms with Crippen molar-refractivity contribution in [3.8, 4) is 0 Å². The minimum atomic E-state index is -0.466. The highest BCUT2D eigenvalue weighted by Gasteiger charge is 2.52. The van der Waals surface area contributed by atoms with Crippen LogP contribution in [0.4, 0.5) is 4.79 Å². The van der Waals surface area contributed by atoms with Crippen LogP contribution in [0.25, 0.3) is 0 Å². The molecule has 22 heavy (non-hydrogen) atoms. The Bertz CT molecular complexity index is 423. The van der Waals surface area contributed by atoms with Crippen molar-refractivity contribution in [1.82, 2.24) is 4.90 Å². The van der Waals surface area contributed by atoms with Crippen LogP contribution >= 0.6 is 0 Å². The molecular weight excluding hydrogens is 282 g/mol. The monoisotopic (exact) mass is 311 g/mol. The lowest BCUT2D eigenvalue weighted by Gasteiger charge is -2.39. The lowest BCUT2D eigenvalue weighted by Crippen LogP contribution is -2.46. The Hall–Kier alpha value is -1.26. The van der Waals surface area contributed by atoms with Crippen LogP contribution in [0.1, 0.15) is 59.8 Å². The van der Waals surface area contributed by atoms with E-state index >= 15 is 0 Å². The third-order valence-electron chi connectivity index (χ3n) is 4.73. The molecule has 2 fully saturated rings. The van der Waals surface area contributed by atoms with E-state index in [1.54, 1.807) is 0 Å². The number of amides is 1. The van der Waals surface area contributed by atoms with Gasteiger partial charge in [0.15, 0.2) is 0 Å². The van der Waals surface area contributed by atoms with Gasteiger partial charge in [0.1, 0.15) is 5.60 Å². The van der Waals surface area contributed by atoms with E-state index in [0.717, 1.165) is 19.4 Å². The van der Waals surface area contributed by atoms with Crippen LogP contribution in [0.3, 0.4) is 0 Å². The molecule has 5 heteroatoms. The number of carbonyl (C=O) groups is 2. The van der Waals surface area contributed by atoms with Crippen LogP contribution in [0.15, 0.2) is 0 Å². The van der Waals surface area contributed by atoms with E-state index in [1.807, 2.05) is 32.6 Å². The topological polar surface area (TPSA) is 55.8 Å². The van der Waals surface area contributed by atoms with E-state index in [2.05, 4.69) is 0 Å². The normalized spacial score (nSPS) is 23.3. The Morgan fingerprint density at radius 3 is 2.45 bits per heavy atom. The highest BCUT2D eigenvalue weighted by molar-refractivity contribution is 5.69. The Kier molecular flexibility index (Phi) is 5.03. The van der Waals surface area contributed by atoms with Crippen LogP contribution in [0.5, 0.6) is 0 Å². The predicted molar refractivity (Wildman–Crippen MR) is 83.4 cm³/mol. The van der Waals surface area contributed by atoms with Crippen molar-refractivity contribution in [3.05, 3.63) is 0 Å². The van der Waals surface area contributed by atoms with Crippen LogP contribution in [-0.4, -0.2) is 42.3 Å². The summed E-state index contributed by atoms with van der Waals surface area (Å²) in [6.45, 7) is 9.38. The average Bonchev–Trinajstić information content (AvgIpc) is 3.16. The van der Waals surface area contributed by atoms with Crippen LogP contribution in [0, 0.1) is 11.3 Å². The van der Waals surface area contributed by atoms with E-state index in [0.29, 0.717) is 30.9 Å². The molecule has 1 saturated heterocycles. The fourth-order valence-corrected chi connectivity index (χ4v) is 3.35. The van der Waals surface area contributed by atoms with Gasteiger partial charge in [-0.25, -0.2) is 4.79 Å². The summed E-state index contributed by atoms with van der Waals surface area (Å²) in [7, 11) is 0. The molecule has 1 atom stereocenters. The summed E-state index contributed by atoms with van der Waals surface area (Å²) in [5.74, 6) is 0.255. The van der Waals surface area contributed by atoms with Gasteiger partial charge < -0.3 is 14.4 Å². The Morgan fingerprint density at radius 2 is 1.91 bits per heavy atom. The van der Waals surface area contributed by atoms with Gasteiger partial charge in [0.2, 0.25) is 0 Å². The van der Waals surface area contributed by atoms with Gasteiger partial charge >= 0.3 is 12.1 Å². The summed E-state index contributed by atoms with van der Waals surface area (Å²) in [5.41, 5.74) is -0.1000. The molecule has 1 amide bonds. The molecule has 1 spiro atoms. The largest absolute Gasteiger partial charge is 0.466 e. The molecule has 0 N–H and O–H groups in total. The molecular formula is C17H29NO4. The predicted octanol–water partition coefficient (Wildman–Crippen LogP) is 3.37. The van der Waals surface area contributed by atoms with E-state index in [4.69, 9.17) is 9.47 Å². The number of hydrogen-bond donors (Lipinski definition) is 0. The maximum absolute atomic E-state index is 12.2. The minimum Gasteiger partial charge on any atom is -0.466 e. The van der Waals surface area contributed by atoms with Crippen molar-refractivity contribution in [1.29, 1.82) is 0 Å². The third kappa shape index (κ3) is 4.37. The highest BCUT2D eigenvalue weighted by atomic mass is 16.6. The van der Waals surface area contributed by atoms with Crippen molar-refractivity contribution >= 4 is 12.1 Å². The first-order valence-corrected chi connectivity index (χ1v) is 8.39. The van der Waals surface area contributed by atoms with Gasteiger partial charge in [-0.1, -0.05) is 0 Å². The minimum absolute atomic E-state index is 0.132. The van der Waals surface area contributed by atoms with E-state index in [-0.39, 0.29) is 12.1 Å². The number of nitrogens with zero attached hydrogens (tertiary/aromatic N) is 1. The summed E-state index contributed by atoms with van der Waals surface area (Å²) >= 11 is 0. The summed E-state index contributed by atoms with van der Waals surface area (Å²) in [6.07, 6.45) is 4.50. The molecule has 2 aliphatic rings. The fourth-order valence-electron chi connectivity index (χ4n) is 3.35. The molecule has 0 radical (unpaired) electrons. The zero-order chi connectivity index (χ0) is 16.4. The Balaban J connectivity index is 1.90. The summed E-state index contributed by atoms with van der Waals surface area (Å²) in [5, 5.41) is 0. The second-order valence-corrected chi connectivity index (χ2v) is 7.58. The first kappa shape index (κ1) is 17.1. The molecule has 1 saturated carbocycles. The van der Waals surface area contributed by atoms with Crippen molar-refractivity contribution in [3.63, 3.8) is 0 Å². The zero-order valence-electron chi connectivity index (χ0n) is 14.3. The SMILES string of the molecule is CCOC(=O)CCC1CN(C(=O)OC(C)(C)C)CCC12CC2. The molecule has 0 aromatic heterocycles. The Labute approximate surface area is 133 Å². The number of esters is 1. The van der Waals surface area contributed by atoms with Crippen LogP contribution in [-0.2, 0) is 14.3 Å².